The van der Waals surface area contributed by atoms with Crippen molar-refractivity contribution < 1.29 is 13.9 Å². The number of aromatic nitrogens is 1. The summed E-state index contributed by atoms with van der Waals surface area (Å²) in [6.07, 6.45) is 3.33. The number of carbonyl (C=O) groups excluding carboxylic acids is 1. The zero-order chi connectivity index (χ0) is 20.5. The highest BCUT2D eigenvalue weighted by atomic mass is 16.5. The topological polar surface area (TPSA) is 64.4 Å². The zero-order valence-electron chi connectivity index (χ0n) is 16.9. The number of pyridine rings is 1. The average Bonchev–Trinajstić information content (AvgIpc) is 2.99. The van der Waals surface area contributed by atoms with Gasteiger partial charge in [-0.1, -0.05) is 6.07 Å². The maximum atomic E-state index is 12.6. The predicted octanol–water partition coefficient (Wildman–Crippen LogP) is 5.65. The lowest BCUT2D eigenvalue weighted by atomic mass is 10.0. The highest BCUT2D eigenvalue weighted by Crippen LogP contribution is 2.34. The molecule has 0 saturated heterocycles. The number of anilines is 1. The Labute approximate surface area is 169 Å². The molecule has 146 valence electrons. The second-order valence-corrected chi connectivity index (χ2v) is 7.06. The summed E-state index contributed by atoms with van der Waals surface area (Å²) in [7, 11) is 1.61. The van der Waals surface area contributed by atoms with E-state index in [-0.39, 0.29) is 5.91 Å². The van der Waals surface area contributed by atoms with Crippen molar-refractivity contribution in [1.82, 2.24) is 4.98 Å². The van der Waals surface area contributed by atoms with Crippen molar-refractivity contribution in [2.75, 3.05) is 12.4 Å². The molecule has 0 spiro atoms. The van der Waals surface area contributed by atoms with E-state index in [4.69, 9.17) is 9.15 Å². The van der Waals surface area contributed by atoms with Crippen LogP contribution in [0.2, 0.25) is 0 Å². The van der Waals surface area contributed by atoms with Gasteiger partial charge in [0.05, 0.1) is 12.6 Å². The molecule has 1 N–H and O–H groups in total. The van der Waals surface area contributed by atoms with Gasteiger partial charge in [0, 0.05) is 40.4 Å². The Balaban J connectivity index is 1.64. The van der Waals surface area contributed by atoms with Crippen LogP contribution in [0, 0.1) is 13.8 Å². The third-order valence-electron chi connectivity index (χ3n) is 5.14. The first-order valence-corrected chi connectivity index (χ1v) is 9.38. The molecule has 2 aromatic heterocycles. The van der Waals surface area contributed by atoms with Crippen LogP contribution in [0.25, 0.3) is 27.4 Å². The fourth-order valence-electron chi connectivity index (χ4n) is 3.45. The van der Waals surface area contributed by atoms with Gasteiger partial charge in [0.2, 0.25) is 5.91 Å². The van der Waals surface area contributed by atoms with Crippen LogP contribution in [0.5, 0.6) is 5.75 Å². The lowest BCUT2D eigenvalue weighted by Crippen LogP contribution is -2.08. The number of benzene rings is 2. The first-order chi connectivity index (χ1) is 14.0. The molecule has 0 saturated carbocycles. The summed E-state index contributed by atoms with van der Waals surface area (Å²) in [4.78, 5) is 16.9. The maximum Gasteiger partial charge on any atom is 0.248 e. The summed E-state index contributed by atoms with van der Waals surface area (Å²) >= 11 is 0. The summed E-state index contributed by atoms with van der Waals surface area (Å²) in [6, 6.07) is 13.4. The average molecular weight is 386 g/mol. The number of carbonyl (C=O) groups is 1. The number of methoxy groups -OCH3 is 1. The highest BCUT2D eigenvalue weighted by molar-refractivity contribution is 6.05. The summed E-state index contributed by atoms with van der Waals surface area (Å²) in [5.74, 6) is 1.35. The standard InChI is InChI=1S/C24H22N2O3/c1-14(19-12-20-15(2)16(3)29-23(20)13-22(19)28-4)10-24(27)26-18-7-8-21-17(11-18)6-5-9-25-21/h5-13H,1-4H3,(H,26,27)/b14-10+. The fourth-order valence-corrected chi connectivity index (χ4v) is 3.45. The van der Waals surface area contributed by atoms with Crippen molar-refractivity contribution >= 4 is 39.0 Å². The molecule has 1 amide bonds. The van der Waals surface area contributed by atoms with Gasteiger partial charge < -0.3 is 14.5 Å². The van der Waals surface area contributed by atoms with Gasteiger partial charge in [-0.15, -0.1) is 0 Å². The number of amides is 1. The number of hydrogen-bond acceptors (Lipinski definition) is 4. The van der Waals surface area contributed by atoms with Crippen LogP contribution in [-0.2, 0) is 4.79 Å². The number of rotatable bonds is 4. The largest absolute Gasteiger partial charge is 0.496 e. The molecule has 0 radical (unpaired) electrons. The normalized spacial score (nSPS) is 11.8. The number of nitrogens with zero attached hydrogens (tertiary/aromatic N) is 1. The number of allylic oxidation sites excluding steroid dienone is 1. The van der Waals surface area contributed by atoms with E-state index in [0.717, 1.165) is 50.0 Å². The van der Waals surface area contributed by atoms with Crippen molar-refractivity contribution in [2.45, 2.75) is 20.8 Å². The van der Waals surface area contributed by atoms with Gasteiger partial charge >= 0.3 is 0 Å². The van der Waals surface area contributed by atoms with E-state index in [2.05, 4.69) is 10.3 Å². The van der Waals surface area contributed by atoms with Crippen molar-refractivity contribution in [3.05, 3.63) is 71.6 Å². The monoisotopic (exact) mass is 386 g/mol. The smallest absolute Gasteiger partial charge is 0.248 e. The van der Waals surface area contributed by atoms with Gasteiger partial charge in [0.25, 0.3) is 0 Å². The van der Waals surface area contributed by atoms with E-state index in [9.17, 15) is 4.79 Å². The molecule has 2 heterocycles. The fraction of sp³-hybridized carbons (Fsp3) is 0.167. The molecule has 0 bridgehead atoms. The van der Waals surface area contributed by atoms with E-state index in [1.807, 2.05) is 63.2 Å². The van der Waals surface area contributed by atoms with Gasteiger partial charge in [-0.2, -0.15) is 0 Å². The van der Waals surface area contributed by atoms with E-state index in [1.165, 1.54) is 0 Å². The number of aryl methyl sites for hydroxylation is 2. The van der Waals surface area contributed by atoms with Crippen molar-refractivity contribution in [2.24, 2.45) is 0 Å². The lowest BCUT2D eigenvalue weighted by molar-refractivity contribution is -0.111. The molecule has 0 aliphatic heterocycles. The second-order valence-electron chi connectivity index (χ2n) is 7.06. The Kier molecular flexibility index (Phi) is 4.80. The van der Waals surface area contributed by atoms with Crippen molar-refractivity contribution in [1.29, 1.82) is 0 Å². The third kappa shape index (κ3) is 3.59. The van der Waals surface area contributed by atoms with Crippen LogP contribution in [0.1, 0.15) is 23.8 Å². The summed E-state index contributed by atoms with van der Waals surface area (Å²) in [5, 5.41) is 4.92. The molecule has 4 rings (SSSR count). The van der Waals surface area contributed by atoms with Crippen LogP contribution in [0.3, 0.4) is 0 Å². The Morgan fingerprint density at radius 1 is 1.17 bits per heavy atom. The number of ether oxygens (including phenoxy) is 1. The molecule has 29 heavy (non-hydrogen) atoms. The van der Waals surface area contributed by atoms with E-state index in [0.29, 0.717) is 5.75 Å². The minimum Gasteiger partial charge on any atom is -0.496 e. The number of nitrogens with one attached hydrogen (secondary N) is 1. The second kappa shape index (κ2) is 7.43. The minimum absolute atomic E-state index is 0.201. The molecular formula is C24H22N2O3. The molecule has 4 aromatic rings. The first-order valence-electron chi connectivity index (χ1n) is 9.38. The Morgan fingerprint density at radius 2 is 2.00 bits per heavy atom. The number of fused-ring (bicyclic) bond motifs is 2. The van der Waals surface area contributed by atoms with E-state index in [1.54, 1.807) is 19.4 Å². The summed E-state index contributed by atoms with van der Waals surface area (Å²) < 4.78 is 11.3. The Morgan fingerprint density at radius 3 is 2.79 bits per heavy atom. The molecule has 0 atom stereocenters. The molecule has 0 aliphatic rings. The van der Waals surface area contributed by atoms with Gasteiger partial charge in [-0.05, 0) is 62.2 Å². The predicted molar refractivity (Wildman–Crippen MR) is 116 cm³/mol. The number of furan rings is 1. The molecule has 0 unspecified atom stereocenters. The SMILES string of the molecule is COc1cc2oc(C)c(C)c2cc1/C(C)=C/C(=O)Nc1ccc2ncccc2c1. The molecule has 0 fully saturated rings. The van der Waals surface area contributed by atoms with Crippen LogP contribution >= 0.6 is 0 Å². The molecular weight excluding hydrogens is 364 g/mol. The summed E-state index contributed by atoms with van der Waals surface area (Å²) in [5.41, 5.74) is 5.15. The van der Waals surface area contributed by atoms with E-state index >= 15 is 0 Å². The first kappa shape index (κ1) is 18.7. The molecule has 5 nitrogen and oxygen atoms in total. The lowest BCUT2D eigenvalue weighted by Gasteiger charge is -2.10. The van der Waals surface area contributed by atoms with Gasteiger partial charge in [-0.3, -0.25) is 9.78 Å². The Hall–Kier alpha value is -3.60. The summed E-state index contributed by atoms with van der Waals surface area (Å²) in [6.45, 7) is 5.87. The van der Waals surface area contributed by atoms with Gasteiger partial charge in [0.1, 0.15) is 17.1 Å². The highest BCUT2D eigenvalue weighted by Gasteiger charge is 2.14. The van der Waals surface area contributed by atoms with Crippen molar-refractivity contribution in [3.8, 4) is 5.75 Å². The van der Waals surface area contributed by atoms with Crippen molar-refractivity contribution in [3.63, 3.8) is 0 Å². The van der Waals surface area contributed by atoms with Crippen LogP contribution in [-0.4, -0.2) is 18.0 Å². The molecule has 2 aromatic carbocycles. The maximum absolute atomic E-state index is 12.6. The zero-order valence-corrected chi connectivity index (χ0v) is 16.9. The van der Waals surface area contributed by atoms with Crippen LogP contribution < -0.4 is 10.1 Å². The minimum atomic E-state index is -0.201. The van der Waals surface area contributed by atoms with Crippen LogP contribution in [0.15, 0.2) is 59.2 Å². The molecule has 5 heteroatoms. The van der Waals surface area contributed by atoms with Crippen LogP contribution in [0.4, 0.5) is 5.69 Å². The van der Waals surface area contributed by atoms with Gasteiger partial charge in [-0.25, -0.2) is 0 Å². The third-order valence-corrected chi connectivity index (χ3v) is 5.14. The van der Waals surface area contributed by atoms with Gasteiger partial charge in [0.15, 0.2) is 0 Å². The quantitative estimate of drug-likeness (QED) is 0.460. The Bertz CT molecular complexity index is 1270. The van der Waals surface area contributed by atoms with E-state index < -0.39 is 0 Å². The number of hydrogen-bond donors (Lipinski definition) is 1. The molecule has 0 aliphatic carbocycles.